The molecule has 0 unspecified atom stereocenters. The summed E-state index contributed by atoms with van der Waals surface area (Å²) in [5.41, 5.74) is 7.94. The van der Waals surface area contributed by atoms with Crippen LogP contribution in [0.4, 0.5) is 5.69 Å². The average molecular weight is 496 g/mol. The fourth-order valence-corrected chi connectivity index (χ4v) is 5.92. The number of nitrogens with one attached hydrogen (secondary N) is 2. The van der Waals surface area contributed by atoms with E-state index in [1.807, 2.05) is 13.0 Å². The quantitative estimate of drug-likeness (QED) is 0.436. The van der Waals surface area contributed by atoms with Crippen LogP contribution in [0.25, 0.3) is 11.0 Å². The molecule has 6 nitrogen and oxygen atoms in total. The highest BCUT2D eigenvalue weighted by atomic mass is 35.5. The van der Waals surface area contributed by atoms with Gasteiger partial charge in [0.25, 0.3) is 5.91 Å². The van der Waals surface area contributed by atoms with Crippen LogP contribution in [0.1, 0.15) is 65.2 Å². The average Bonchev–Trinajstić information content (AvgIpc) is 3.32. The first-order valence-electron chi connectivity index (χ1n) is 12.6. The SMILES string of the molecule is CCN(c1cc(Cl)cc(C(=O)NCc2c(C)cc(C)c3nc[nH]c23)c1C)[C@H]1CC[C@H](N(C)C)CC1. The number of anilines is 1. The number of aryl methyl sites for hydroxylation is 2. The highest BCUT2D eigenvalue weighted by Gasteiger charge is 2.28. The van der Waals surface area contributed by atoms with Crippen LogP contribution in [-0.2, 0) is 6.54 Å². The van der Waals surface area contributed by atoms with Gasteiger partial charge in [0.1, 0.15) is 0 Å². The molecule has 0 atom stereocenters. The van der Waals surface area contributed by atoms with E-state index >= 15 is 0 Å². The van der Waals surface area contributed by atoms with E-state index in [4.69, 9.17) is 11.6 Å². The normalized spacial score (nSPS) is 18.3. The Kier molecular flexibility index (Phi) is 7.72. The summed E-state index contributed by atoms with van der Waals surface area (Å²) in [6.45, 7) is 9.67. The van der Waals surface area contributed by atoms with Crippen molar-refractivity contribution in [1.82, 2.24) is 20.2 Å². The number of carbonyl (C=O) groups is 1. The summed E-state index contributed by atoms with van der Waals surface area (Å²) in [6, 6.07) is 7.05. The van der Waals surface area contributed by atoms with Gasteiger partial charge in [0.2, 0.25) is 0 Å². The van der Waals surface area contributed by atoms with Gasteiger partial charge in [-0.15, -0.1) is 0 Å². The molecule has 1 aliphatic carbocycles. The molecule has 1 amide bonds. The summed E-state index contributed by atoms with van der Waals surface area (Å²) in [5.74, 6) is -0.105. The van der Waals surface area contributed by atoms with Crippen molar-refractivity contribution >= 4 is 34.2 Å². The Hall–Kier alpha value is -2.57. The van der Waals surface area contributed by atoms with Crippen LogP contribution in [0.3, 0.4) is 0 Å². The molecule has 1 heterocycles. The van der Waals surface area contributed by atoms with Crippen molar-refractivity contribution in [3.05, 3.63) is 57.4 Å². The van der Waals surface area contributed by atoms with Crippen LogP contribution in [0, 0.1) is 20.8 Å². The summed E-state index contributed by atoms with van der Waals surface area (Å²) in [5, 5.41) is 3.73. The fourth-order valence-electron chi connectivity index (χ4n) is 5.70. The van der Waals surface area contributed by atoms with Crippen LogP contribution < -0.4 is 10.2 Å². The number of amides is 1. The number of nitrogens with zero attached hydrogens (tertiary/aromatic N) is 3. The maximum absolute atomic E-state index is 13.4. The van der Waals surface area contributed by atoms with Crippen molar-refractivity contribution in [2.24, 2.45) is 0 Å². The highest BCUT2D eigenvalue weighted by Crippen LogP contribution is 2.34. The molecular formula is C28H38ClN5O. The largest absolute Gasteiger partial charge is 0.369 e. The summed E-state index contributed by atoms with van der Waals surface area (Å²) in [4.78, 5) is 25.8. The summed E-state index contributed by atoms with van der Waals surface area (Å²) in [7, 11) is 4.34. The molecule has 2 aromatic carbocycles. The lowest BCUT2D eigenvalue weighted by molar-refractivity contribution is 0.0950. The maximum Gasteiger partial charge on any atom is 0.251 e. The Morgan fingerprint density at radius 3 is 2.43 bits per heavy atom. The molecule has 0 spiro atoms. The number of rotatable bonds is 7. The number of fused-ring (bicyclic) bond motifs is 1. The Bertz CT molecular complexity index is 1210. The second-order valence-electron chi connectivity index (χ2n) is 10.1. The highest BCUT2D eigenvalue weighted by molar-refractivity contribution is 6.31. The number of aromatic amines is 1. The topological polar surface area (TPSA) is 64.3 Å². The van der Waals surface area contributed by atoms with Gasteiger partial charge in [0.15, 0.2) is 0 Å². The predicted octanol–water partition coefficient (Wildman–Crippen LogP) is 5.77. The van der Waals surface area contributed by atoms with Gasteiger partial charge < -0.3 is 20.1 Å². The van der Waals surface area contributed by atoms with Crippen molar-refractivity contribution in [3.8, 4) is 0 Å². The number of carbonyl (C=O) groups excluding carboxylic acids is 1. The van der Waals surface area contributed by atoms with E-state index in [0.29, 0.717) is 29.2 Å². The number of halogens is 1. The second kappa shape index (κ2) is 10.6. The first-order valence-corrected chi connectivity index (χ1v) is 13.0. The molecule has 35 heavy (non-hydrogen) atoms. The molecule has 0 bridgehead atoms. The third-order valence-corrected chi connectivity index (χ3v) is 7.94. The number of hydrogen-bond donors (Lipinski definition) is 2. The zero-order chi connectivity index (χ0) is 25.3. The molecule has 7 heteroatoms. The number of benzene rings is 2. The van der Waals surface area contributed by atoms with E-state index in [0.717, 1.165) is 58.4 Å². The van der Waals surface area contributed by atoms with Crippen LogP contribution in [0.2, 0.25) is 5.02 Å². The lowest BCUT2D eigenvalue weighted by Gasteiger charge is -2.40. The van der Waals surface area contributed by atoms with Gasteiger partial charge in [-0.1, -0.05) is 17.7 Å². The lowest BCUT2D eigenvalue weighted by Crippen LogP contribution is -2.42. The van der Waals surface area contributed by atoms with Crippen molar-refractivity contribution in [3.63, 3.8) is 0 Å². The molecule has 0 aliphatic heterocycles. The van der Waals surface area contributed by atoms with E-state index in [9.17, 15) is 4.79 Å². The van der Waals surface area contributed by atoms with Crippen LogP contribution in [0.15, 0.2) is 24.5 Å². The minimum absolute atomic E-state index is 0.105. The molecule has 0 saturated heterocycles. The lowest BCUT2D eigenvalue weighted by atomic mass is 9.89. The fraction of sp³-hybridized carbons (Fsp3) is 0.500. The molecule has 1 aromatic heterocycles. The van der Waals surface area contributed by atoms with Gasteiger partial charge in [0.05, 0.1) is 17.4 Å². The molecule has 1 aliphatic rings. The molecule has 2 N–H and O–H groups in total. The molecule has 1 fully saturated rings. The van der Waals surface area contributed by atoms with E-state index in [1.165, 1.54) is 12.8 Å². The molecule has 0 radical (unpaired) electrons. The molecule has 4 rings (SSSR count). The second-order valence-corrected chi connectivity index (χ2v) is 10.5. The minimum atomic E-state index is -0.105. The first-order chi connectivity index (χ1) is 16.7. The number of hydrogen-bond acceptors (Lipinski definition) is 4. The van der Waals surface area contributed by atoms with E-state index in [-0.39, 0.29) is 5.91 Å². The summed E-state index contributed by atoms with van der Waals surface area (Å²) in [6.07, 6.45) is 6.40. The van der Waals surface area contributed by atoms with Gasteiger partial charge in [0, 0.05) is 41.4 Å². The predicted molar refractivity (Wildman–Crippen MR) is 146 cm³/mol. The monoisotopic (exact) mass is 495 g/mol. The molecule has 3 aromatic rings. The Labute approximate surface area is 214 Å². The van der Waals surface area contributed by atoms with Crippen LogP contribution in [-0.4, -0.2) is 53.5 Å². The van der Waals surface area contributed by atoms with Gasteiger partial charge >= 0.3 is 0 Å². The van der Waals surface area contributed by atoms with Crippen molar-refractivity contribution in [2.75, 3.05) is 25.5 Å². The zero-order valence-electron chi connectivity index (χ0n) is 21.8. The maximum atomic E-state index is 13.4. The van der Waals surface area contributed by atoms with E-state index < -0.39 is 0 Å². The number of H-pyrrole nitrogens is 1. The number of aromatic nitrogens is 2. The van der Waals surface area contributed by atoms with Crippen molar-refractivity contribution < 1.29 is 4.79 Å². The summed E-state index contributed by atoms with van der Waals surface area (Å²) < 4.78 is 0. The summed E-state index contributed by atoms with van der Waals surface area (Å²) >= 11 is 6.57. The molecular weight excluding hydrogens is 458 g/mol. The first kappa shape index (κ1) is 25.5. The third kappa shape index (κ3) is 5.19. The van der Waals surface area contributed by atoms with Crippen LogP contribution >= 0.6 is 11.6 Å². The Morgan fingerprint density at radius 1 is 1.09 bits per heavy atom. The molecule has 188 valence electrons. The smallest absolute Gasteiger partial charge is 0.251 e. The van der Waals surface area contributed by atoms with Gasteiger partial charge in [-0.25, -0.2) is 4.98 Å². The minimum Gasteiger partial charge on any atom is -0.369 e. The van der Waals surface area contributed by atoms with Crippen LogP contribution in [0.5, 0.6) is 0 Å². The Balaban J connectivity index is 1.56. The van der Waals surface area contributed by atoms with Gasteiger partial charge in [-0.3, -0.25) is 4.79 Å². The van der Waals surface area contributed by atoms with Crippen molar-refractivity contribution in [2.45, 2.75) is 72.0 Å². The number of imidazole rings is 1. The molecule has 1 saturated carbocycles. The van der Waals surface area contributed by atoms with E-state index in [1.54, 1.807) is 12.4 Å². The van der Waals surface area contributed by atoms with E-state index in [2.05, 4.69) is 66.0 Å². The third-order valence-electron chi connectivity index (χ3n) is 7.73. The van der Waals surface area contributed by atoms with Gasteiger partial charge in [-0.05, 0) is 102 Å². The standard InChI is InChI=1S/C28H38ClN5O/c1-7-34(22-10-8-21(9-11-22)33(5)6)25-14-20(29)13-23(19(25)4)28(35)30-15-24-17(2)12-18(3)26-27(24)32-16-31-26/h12-14,16,21-22H,7-11,15H2,1-6H3,(H,30,35)(H,31,32)/t21-,22-. The van der Waals surface area contributed by atoms with Gasteiger partial charge in [-0.2, -0.15) is 0 Å². The Morgan fingerprint density at radius 2 is 1.77 bits per heavy atom. The van der Waals surface area contributed by atoms with Crippen molar-refractivity contribution in [1.29, 1.82) is 0 Å². The zero-order valence-corrected chi connectivity index (χ0v) is 22.6.